The van der Waals surface area contributed by atoms with E-state index in [2.05, 4.69) is 154 Å². The maximum Gasteiger partial charge on any atom is 0.0375 e. The molecule has 2 aromatic carbocycles. The van der Waals surface area contributed by atoms with Crippen molar-refractivity contribution >= 4 is 10.8 Å². The molecule has 0 spiro atoms. The average molecular weight is 590 g/mol. The minimum Gasteiger partial charge on any atom is -0.381 e. The van der Waals surface area contributed by atoms with Gasteiger partial charge in [0.05, 0.1) is 0 Å². The second kappa shape index (κ2) is 15.9. The van der Waals surface area contributed by atoms with Crippen molar-refractivity contribution in [3.05, 3.63) is 191 Å². The third-order valence-electron chi connectivity index (χ3n) is 9.11. The molecule has 45 heavy (non-hydrogen) atoms. The van der Waals surface area contributed by atoms with E-state index < -0.39 is 0 Å². The highest BCUT2D eigenvalue weighted by molar-refractivity contribution is 5.83. The van der Waals surface area contributed by atoms with E-state index in [1.54, 1.807) is 0 Å². The topological polar surface area (TPSA) is 12.0 Å². The standard InChI is InChI=1S/C44H47N/c1-5-7-26-42(34(4)33(3)39-29-28-36-20-11-12-23-40(36)32-39)44(38-21-9-8-10-22-38)37(17-6-2)24-15-18-35-19-16-25-41(31-35)43-27-13-14-30-45-43/h5-7,9,11-17,19-21,23-29,32-33,35,45H,1-2,8,10,18,22,30-31H2,3-4H3/b24-15-,26-7-,37-17+,42-34-,44-38+. The van der Waals surface area contributed by atoms with Crippen LogP contribution in [0.3, 0.4) is 0 Å². The molecule has 0 saturated heterocycles. The molecule has 0 bridgehead atoms. The van der Waals surface area contributed by atoms with Crippen LogP contribution in [0.15, 0.2) is 186 Å². The fraction of sp³-hybridized carbons (Fsp3) is 0.227. The van der Waals surface area contributed by atoms with E-state index >= 15 is 0 Å². The van der Waals surface area contributed by atoms with Crippen molar-refractivity contribution in [2.24, 2.45) is 5.92 Å². The summed E-state index contributed by atoms with van der Waals surface area (Å²) in [5, 5.41) is 6.08. The van der Waals surface area contributed by atoms with Crippen LogP contribution in [0, 0.1) is 5.92 Å². The van der Waals surface area contributed by atoms with E-state index in [4.69, 9.17) is 0 Å². The molecule has 1 nitrogen and oxygen atoms in total. The van der Waals surface area contributed by atoms with Gasteiger partial charge in [-0.25, -0.2) is 0 Å². The molecule has 3 aliphatic rings. The summed E-state index contributed by atoms with van der Waals surface area (Å²) in [5.41, 5.74) is 10.5. The molecule has 1 heteroatoms. The van der Waals surface area contributed by atoms with E-state index in [1.807, 2.05) is 12.2 Å². The Labute approximate surface area is 271 Å². The molecule has 1 aliphatic heterocycles. The maximum atomic E-state index is 4.13. The van der Waals surface area contributed by atoms with E-state index in [0.29, 0.717) is 5.92 Å². The third kappa shape index (κ3) is 8.11. The monoisotopic (exact) mass is 589 g/mol. The second-order valence-corrected chi connectivity index (χ2v) is 12.1. The zero-order valence-corrected chi connectivity index (χ0v) is 27.0. The molecule has 2 aromatic rings. The zero-order valence-electron chi connectivity index (χ0n) is 27.0. The Kier molecular flexibility index (Phi) is 11.2. The van der Waals surface area contributed by atoms with Crippen LogP contribution in [0.25, 0.3) is 10.8 Å². The van der Waals surface area contributed by atoms with E-state index in [-0.39, 0.29) is 5.92 Å². The van der Waals surface area contributed by atoms with Crippen LogP contribution < -0.4 is 5.32 Å². The van der Waals surface area contributed by atoms with Gasteiger partial charge in [0.15, 0.2) is 0 Å². The lowest BCUT2D eigenvalue weighted by Crippen LogP contribution is -2.19. The molecule has 0 saturated carbocycles. The molecule has 0 aromatic heterocycles. The van der Waals surface area contributed by atoms with E-state index in [1.165, 1.54) is 61.9 Å². The van der Waals surface area contributed by atoms with Crippen molar-refractivity contribution in [2.75, 3.05) is 6.54 Å². The van der Waals surface area contributed by atoms with Crippen LogP contribution in [0.4, 0.5) is 0 Å². The highest BCUT2D eigenvalue weighted by Crippen LogP contribution is 2.38. The fourth-order valence-electron chi connectivity index (χ4n) is 6.49. The van der Waals surface area contributed by atoms with E-state index in [9.17, 15) is 0 Å². The van der Waals surface area contributed by atoms with E-state index in [0.717, 1.165) is 32.2 Å². The fourth-order valence-corrected chi connectivity index (χ4v) is 6.49. The number of rotatable bonds is 11. The van der Waals surface area contributed by atoms with Gasteiger partial charge in [-0.1, -0.05) is 153 Å². The van der Waals surface area contributed by atoms with Crippen molar-refractivity contribution < 1.29 is 0 Å². The van der Waals surface area contributed by atoms with Gasteiger partial charge in [0, 0.05) is 18.2 Å². The van der Waals surface area contributed by atoms with Crippen molar-refractivity contribution in [2.45, 2.75) is 51.9 Å². The number of dihydropyridines is 1. The summed E-state index contributed by atoms with van der Waals surface area (Å²) in [5.74, 6) is 0.710. The summed E-state index contributed by atoms with van der Waals surface area (Å²) in [7, 11) is 0. The molecule has 1 N–H and O–H groups in total. The highest BCUT2D eigenvalue weighted by Gasteiger charge is 2.20. The van der Waals surface area contributed by atoms with Crippen LogP contribution in [-0.2, 0) is 0 Å². The lowest BCUT2D eigenvalue weighted by Gasteiger charge is -2.24. The SMILES string of the molecule is C=C\C=C/C(C(=C1\C=CCCC1)/C(/C=C\CC1C=CC=C(C2=CC=CCN2)C1)=C/C=C)=C(\C)C(C)c1ccc2ccccc2c1. The first-order chi connectivity index (χ1) is 22.1. The molecular formula is C44H47N. The van der Waals surface area contributed by atoms with Crippen molar-refractivity contribution in [3.8, 4) is 0 Å². The first-order valence-electron chi connectivity index (χ1n) is 16.5. The first-order valence-corrected chi connectivity index (χ1v) is 16.5. The molecule has 0 amide bonds. The van der Waals surface area contributed by atoms with Crippen molar-refractivity contribution in [1.82, 2.24) is 5.32 Å². The Morgan fingerprint density at radius 1 is 1.00 bits per heavy atom. The Balaban J connectivity index is 1.50. The summed E-state index contributed by atoms with van der Waals surface area (Å²) >= 11 is 0. The molecular weight excluding hydrogens is 542 g/mol. The lowest BCUT2D eigenvalue weighted by atomic mass is 9.81. The molecule has 2 unspecified atom stereocenters. The van der Waals surface area contributed by atoms with Gasteiger partial charge >= 0.3 is 0 Å². The Hall–Kier alpha value is -4.62. The second-order valence-electron chi connectivity index (χ2n) is 12.1. The molecule has 2 aliphatic carbocycles. The Morgan fingerprint density at radius 2 is 1.87 bits per heavy atom. The van der Waals surface area contributed by atoms with Crippen LogP contribution >= 0.6 is 0 Å². The Bertz CT molecular complexity index is 1720. The normalized spacial score (nSPS) is 20.9. The minimum atomic E-state index is 0.242. The molecule has 0 fully saturated rings. The predicted molar refractivity (Wildman–Crippen MR) is 197 cm³/mol. The summed E-state index contributed by atoms with van der Waals surface area (Å²) in [6.07, 6.45) is 38.4. The van der Waals surface area contributed by atoms with Crippen LogP contribution in [0.1, 0.15) is 57.4 Å². The van der Waals surface area contributed by atoms with Gasteiger partial charge in [-0.15, -0.1) is 0 Å². The predicted octanol–water partition coefficient (Wildman–Crippen LogP) is 11.6. The lowest BCUT2D eigenvalue weighted by molar-refractivity contribution is 0.641. The molecule has 0 radical (unpaired) electrons. The number of fused-ring (bicyclic) bond motifs is 1. The van der Waals surface area contributed by atoms with Crippen molar-refractivity contribution in [3.63, 3.8) is 0 Å². The summed E-state index contributed by atoms with van der Waals surface area (Å²) in [6, 6.07) is 15.5. The molecule has 2 atom stereocenters. The van der Waals surface area contributed by atoms with Gasteiger partial charge < -0.3 is 5.32 Å². The number of allylic oxidation sites excluding steroid dienone is 20. The molecule has 1 heterocycles. The largest absolute Gasteiger partial charge is 0.381 e. The molecule has 5 rings (SSSR count). The van der Waals surface area contributed by atoms with Gasteiger partial charge in [-0.3, -0.25) is 0 Å². The number of benzene rings is 2. The quantitative estimate of drug-likeness (QED) is 0.257. The van der Waals surface area contributed by atoms with Gasteiger partial charge in [-0.05, 0) is 95.2 Å². The maximum absolute atomic E-state index is 4.13. The summed E-state index contributed by atoms with van der Waals surface area (Å²) in [6.45, 7) is 13.7. The smallest absolute Gasteiger partial charge is 0.0375 e. The first kappa shape index (κ1) is 31.8. The summed E-state index contributed by atoms with van der Waals surface area (Å²) in [4.78, 5) is 0. The van der Waals surface area contributed by atoms with Crippen LogP contribution in [-0.4, -0.2) is 6.54 Å². The number of nitrogens with one attached hydrogen (secondary N) is 1. The van der Waals surface area contributed by atoms with Crippen LogP contribution in [0.2, 0.25) is 0 Å². The Morgan fingerprint density at radius 3 is 2.62 bits per heavy atom. The van der Waals surface area contributed by atoms with Crippen molar-refractivity contribution in [1.29, 1.82) is 0 Å². The summed E-state index contributed by atoms with van der Waals surface area (Å²) < 4.78 is 0. The van der Waals surface area contributed by atoms with Crippen LogP contribution in [0.5, 0.6) is 0 Å². The third-order valence-corrected chi connectivity index (χ3v) is 9.11. The van der Waals surface area contributed by atoms with Gasteiger partial charge in [0.25, 0.3) is 0 Å². The number of hydrogen-bond donors (Lipinski definition) is 1. The van der Waals surface area contributed by atoms with Gasteiger partial charge in [0.2, 0.25) is 0 Å². The number of hydrogen-bond acceptors (Lipinski definition) is 1. The van der Waals surface area contributed by atoms with Gasteiger partial charge in [-0.2, -0.15) is 0 Å². The average Bonchev–Trinajstić information content (AvgIpc) is 3.10. The highest BCUT2D eigenvalue weighted by atomic mass is 14.9. The minimum absolute atomic E-state index is 0.242. The van der Waals surface area contributed by atoms with Gasteiger partial charge in [0.1, 0.15) is 0 Å². The molecule has 228 valence electrons. The zero-order chi connectivity index (χ0) is 31.4.